The van der Waals surface area contributed by atoms with Gasteiger partial charge in [-0.05, 0) is 60.2 Å². The number of hydrogen-bond acceptors (Lipinski definition) is 6. The maximum Gasteiger partial charge on any atom is 0.260 e. The highest BCUT2D eigenvalue weighted by atomic mass is 32.1. The smallest absolute Gasteiger partial charge is 0.260 e. The molecule has 1 saturated carbocycles. The third-order valence-corrected chi connectivity index (χ3v) is 7.46. The number of benzene rings is 1. The number of nitrogens with two attached hydrogens (primary N) is 1. The first-order valence-electron chi connectivity index (χ1n) is 10.4. The van der Waals surface area contributed by atoms with Crippen LogP contribution in [0.4, 0.5) is 5.69 Å². The van der Waals surface area contributed by atoms with Gasteiger partial charge in [0.1, 0.15) is 10.5 Å². The molecule has 1 saturated heterocycles. The molecule has 30 heavy (non-hydrogen) atoms. The van der Waals surface area contributed by atoms with Crippen molar-refractivity contribution >= 4 is 33.8 Å². The molecule has 1 amide bonds. The van der Waals surface area contributed by atoms with E-state index in [1.807, 2.05) is 30.5 Å². The lowest BCUT2D eigenvalue weighted by molar-refractivity contribution is -0.314. The number of primary amides is 1. The van der Waals surface area contributed by atoms with E-state index in [0.29, 0.717) is 23.9 Å². The number of carbonyl (C=O) groups is 1. The van der Waals surface area contributed by atoms with Gasteiger partial charge in [0.05, 0.1) is 17.8 Å². The summed E-state index contributed by atoms with van der Waals surface area (Å²) < 4.78 is 0. The van der Waals surface area contributed by atoms with Crippen LogP contribution < -0.4 is 11.1 Å². The minimum absolute atomic E-state index is 0.109. The van der Waals surface area contributed by atoms with Crippen molar-refractivity contribution in [1.82, 2.24) is 4.98 Å². The highest BCUT2D eigenvalue weighted by Crippen LogP contribution is 2.47. The van der Waals surface area contributed by atoms with Crippen LogP contribution in [0.15, 0.2) is 41.9 Å². The Bertz CT molecular complexity index is 1060. The van der Waals surface area contributed by atoms with E-state index < -0.39 is 0 Å². The molecule has 3 heterocycles. The standard InChI is InChI=1S/C23H25N3O3S/c24-22(27)21-20(26-13-16-7-11-25-19-4-2-1-3-17(16)19)18(14-30-21)15-5-8-23(9-6-15)10-12-28-29-23/h1-4,7,11,14-15,26H,5-6,8-10,12-13H2,(H2,24,27). The fourth-order valence-corrected chi connectivity index (χ4v) is 5.73. The molecule has 0 radical (unpaired) electrons. The number of fused-ring (bicyclic) bond motifs is 1. The monoisotopic (exact) mass is 423 g/mol. The normalized spacial score (nSPS) is 23.8. The molecule has 3 N–H and O–H groups in total. The van der Waals surface area contributed by atoms with Crippen LogP contribution in [0, 0.1) is 0 Å². The lowest BCUT2D eigenvalue weighted by Crippen LogP contribution is -2.32. The maximum absolute atomic E-state index is 12.1. The zero-order chi connectivity index (χ0) is 20.6. The molecule has 1 aromatic carbocycles. The Hall–Kier alpha value is -2.48. The van der Waals surface area contributed by atoms with Gasteiger partial charge in [0, 0.05) is 24.5 Å². The largest absolute Gasteiger partial charge is 0.379 e. The molecule has 2 fully saturated rings. The van der Waals surface area contributed by atoms with Crippen LogP contribution in [0.1, 0.15) is 58.8 Å². The average molecular weight is 424 g/mol. The van der Waals surface area contributed by atoms with Gasteiger partial charge >= 0.3 is 0 Å². The average Bonchev–Trinajstić information content (AvgIpc) is 3.40. The Morgan fingerprint density at radius 3 is 2.83 bits per heavy atom. The van der Waals surface area contributed by atoms with Gasteiger partial charge in [-0.25, -0.2) is 9.78 Å². The van der Waals surface area contributed by atoms with Crippen molar-refractivity contribution in [2.75, 3.05) is 11.9 Å². The fraction of sp³-hybridized carbons (Fsp3) is 0.391. The van der Waals surface area contributed by atoms with Crippen molar-refractivity contribution in [3.8, 4) is 0 Å². The molecular weight excluding hydrogens is 398 g/mol. The number of pyridine rings is 1. The Labute approximate surface area is 179 Å². The van der Waals surface area contributed by atoms with Crippen LogP contribution in [-0.4, -0.2) is 23.1 Å². The van der Waals surface area contributed by atoms with E-state index >= 15 is 0 Å². The van der Waals surface area contributed by atoms with E-state index in [4.69, 9.17) is 15.5 Å². The predicted molar refractivity (Wildman–Crippen MR) is 118 cm³/mol. The molecule has 0 unspecified atom stereocenters. The minimum Gasteiger partial charge on any atom is -0.379 e. The van der Waals surface area contributed by atoms with E-state index in [9.17, 15) is 4.79 Å². The van der Waals surface area contributed by atoms with Gasteiger partial charge in [-0.2, -0.15) is 0 Å². The van der Waals surface area contributed by atoms with Crippen molar-refractivity contribution in [1.29, 1.82) is 0 Å². The molecule has 0 atom stereocenters. The van der Waals surface area contributed by atoms with Crippen molar-refractivity contribution < 1.29 is 14.6 Å². The summed E-state index contributed by atoms with van der Waals surface area (Å²) in [7, 11) is 0. The number of aromatic nitrogens is 1. The molecule has 1 aliphatic heterocycles. The lowest BCUT2D eigenvalue weighted by Gasteiger charge is -2.34. The number of thiophene rings is 1. The van der Waals surface area contributed by atoms with Crippen LogP contribution in [-0.2, 0) is 16.3 Å². The second kappa shape index (κ2) is 7.98. The fourth-order valence-electron chi connectivity index (χ4n) is 4.75. The Kier molecular flexibility index (Phi) is 5.18. The first kappa shape index (κ1) is 19.5. The second-order valence-electron chi connectivity index (χ2n) is 8.21. The highest BCUT2D eigenvalue weighted by Gasteiger charge is 2.41. The van der Waals surface area contributed by atoms with Crippen LogP contribution >= 0.6 is 11.3 Å². The number of amides is 1. The first-order valence-corrected chi connectivity index (χ1v) is 11.3. The maximum atomic E-state index is 12.1. The van der Waals surface area contributed by atoms with Crippen LogP contribution in [0.5, 0.6) is 0 Å². The van der Waals surface area contributed by atoms with Crippen LogP contribution in [0.25, 0.3) is 10.9 Å². The van der Waals surface area contributed by atoms with Crippen molar-refractivity contribution in [2.24, 2.45) is 5.73 Å². The van der Waals surface area contributed by atoms with Crippen molar-refractivity contribution in [2.45, 2.75) is 50.2 Å². The van der Waals surface area contributed by atoms with Crippen molar-refractivity contribution in [3.63, 3.8) is 0 Å². The molecule has 7 heteroatoms. The molecule has 6 nitrogen and oxygen atoms in total. The predicted octanol–water partition coefficient (Wildman–Crippen LogP) is 4.76. The van der Waals surface area contributed by atoms with Gasteiger partial charge in [-0.1, -0.05) is 18.2 Å². The summed E-state index contributed by atoms with van der Waals surface area (Å²) >= 11 is 1.44. The molecular formula is C23H25N3O3S. The highest BCUT2D eigenvalue weighted by molar-refractivity contribution is 7.12. The molecule has 5 rings (SSSR count). The van der Waals surface area contributed by atoms with Crippen LogP contribution in [0.3, 0.4) is 0 Å². The second-order valence-corrected chi connectivity index (χ2v) is 9.09. The van der Waals surface area contributed by atoms with E-state index in [2.05, 4.69) is 21.7 Å². The van der Waals surface area contributed by atoms with Crippen LogP contribution in [0.2, 0.25) is 0 Å². The summed E-state index contributed by atoms with van der Waals surface area (Å²) in [4.78, 5) is 27.9. The Morgan fingerprint density at radius 1 is 1.23 bits per heavy atom. The van der Waals surface area contributed by atoms with Gasteiger partial charge in [0.15, 0.2) is 0 Å². The summed E-state index contributed by atoms with van der Waals surface area (Å²) in [5, 5.41) is 6.75. The molecule has 156 valence electrons. The van der Waals surface area contributed by atoms with E-state index in [0.717, 1.165) is 54.3 Å². The summed E-state index contributed by atoms with van der Waals surface area (Å²) in [5.74, 6) is 0.00833. The summed E-state index contributed by atoms with van der Waals surface area (Å²) in [5.41, 5.74) is 9.78. The summed E-state index contributed by atoms with van der Waals surface area (Å²) in [6.07, 6.45) is 6.79. The number of anilines is 1. The molecule has 1 spiro atoms. The molecule has 2 aromatic heterocycles. The van der Waals surface area contributed by atoms with Gasteiger partial charge < -0.3 is 11.1 Å². The molecule has 3 aromatic rings. The number of rotatable bonds is 5. The number of hydrogen-bond donors (Lipinski definition) is 2. The number of carbonyl (C=O) groups excluding carboxylic acids is 1. The summed E-state index contributed by atoms with van der Waals surface area (Å²) in [6.45, 7) is 1.29. The first-order chi connectivity index (χ1) is 14.7. The third-order valence-electron chi connectivity index (χ3n) is 6.45. The zero-order valence-electron chi connectivity index (χ0n) is 16.7. The lowest BCUT2D eigenvalue weighted by atomic mass is 9.75. The molecule has 1 aliphatic carbocycles. The van der Waals surface area contributed by atoms with Crippen molar-refractivity contribution in [3.05, 3.63) is 57.9 Å². The molecule has 2 aliphatic rings. The Balaban J connectivity index is 1.39. The van der Waals surface area contributed by atoms with Gasteiger partial charge in [-0.3, -0.25) is 9.78 Å². The summed E-state index contributed by atoms with van der Waals surface area (Å²) in [6, 6.07) is 10.1. The van der Waals surface area contributed by atoms with Gasteiger partial charge in [-0.15, -0.1) is 11.3 Å². The quantitative estimate of drug-likeness (QED) is 0.578. The number of nitrogens with one attached hydrogen (secondary N) is 1. The third kappa shape index (κ3) is 3.57. The minimum atomic E-state index is -0.381. The SMILES string of the molecule is NC(=O)c1scc(C2CCC3(CCOO3)CC2)c1NCc1ccnc2ccccc12. The van der Waals surface area contributed by atoms with E-state index in [-0.39, 0.29) is 11.5 Å². The van der Waals surface area contributed by atoms with Gasteiger partial charge in [0.25, 0.3) is 5.91 Å². The zero-order valence-corrected chi connectivity index (χ0v) is 17.5. The van der Waals surface area contributed by atoms with Gasteiger partial charge in [0.2, 0.25) is 0 Å². The van der Waals surface area contributed by atoms with E-state index in [1.54, 1.807) is 0 Å². The van der Waals surface area contributed by atoms with E-state index in [1.165, 1.54) is 16.9 Å². The Morgan fingerprint density at radius 2 is 2.07 bits per heavy atom. The number of para-hydroxylation sites is 1. The molecule has 0 bridgehead atoms. The number of nitrogens with zero attached hydrogens (tertiary/aromatic N) is 1. The topological polar surface area (TPSA) is 86.5 Å².